The van der Waals surface area contributed by atoms with Gasteiger partial charge in [-0.15, -0.1) is 0 Å². The van der Waals surface area contributed by atoms with E-state index >= 15 is 0 Å². The van der Waals surface area contributed by atoms with E-state index in [2.05, 4.69) is 63.2 Å². The Hall–Kier alpha value is -1.46. The van der Waals surface area contributed by atoms with Crippen molar-refractivity contribution in [3.8, 4) is 0 Å². The van der Waals surface area contributed by atoms with Crippen molar-refractivity contribution >= 4 is 25.4 Å². The van der Waals surface area contributed by atoms with Gasteiger partial charge < -0.3 is 14.1 Å². The molecule has 5 heteroatoms. The molecule has 0 saturated heterocycles. The van der Waals surface area contributed by atoms with Crippen LogP contribution in [0.1, 0.15) is 45.0 Å². The minimum absolute atomic E-state index is 0.101. The minimum atomic E-state index is -1.09. The smallest absolute Gasteiger partial charge is 0.124 e. The largest absolute Gasteiger partial charge is 0.361 e. The zero-order chi connectivity index (χ0) is 19.4. The highest BCUT2D eigenvalue weighted by atomic mass is 28.3. The quantitative estimate of drug-likeness (QED) is 0.345. The summed E-state index contributed by atoms with van der Waals surface area (Å²) in [4.78, 5) is 15.5. The lowest BCUT2D eigenvalue weighted by molar-refractivity contribution is -0.107. The number of hydrogen-bond acceptors (Lipinski definition) is 3. The van der Waals surface area contributed by atoms with Gasteiger partial charge in [0.05, 0.1) is 11.0 Å². The summed E-state index contributed by atoms with van der Waals surface area (Å²) in [6.45, 7) is 15.1. The molecule has 1 aromatic heterocycles. The second kappa shape index (κ2) is 8.48. The van der Waals surface area contributed by atoms with E-state index in [1.54, 1.807) is 0 Å². The first-order valence-electron chi connectivity index (χ1n) is 9.63. The second-order valence-electron chi connectivity index (χ2n) is 9.32. The Morgan fingerprint density at radius 2 is 1.96 bits per heavy atom. The van der Waals surface area contributed by atoms with Crippen molar-refractivity contribution in [2.75, 3.05) is 6.61 Å². The zero-order valence-corrected chi connectivity index (χ0v) is 18.3. The second-order valence-corrected chi connectivity index (χ2v) is 14.9. The molecule has 0 bridgehead atoms. The molecule has 0 unspecified atom stereocenters. The van der Waals surface area contributed by atoms with Gasteiger partial charge in [0.1, 0.15) is 18.8 Å². The number of aromatic nitrogens is 2. The monoisotopic (exact) mass is 374 g/mol. The van der Waals surface area contributed by atoms with Gasteiger partial charge in [-0.05, 0) is 35.6 Å². The third-order valence-electron chi connectivity index (χ3n) is 4.63. The van der Waals surface area contributed by atoms with Gasteiger partial charge in [0.25, 0.3) is 0 Å². The van der Waals surface area contributed by atoms with Crippen LogP contribution in [0.2, 0.25) is 25.7 Å². The average Bonchev–Trinajstić information content (AvgIpc) is 2.87. The molecular formula is C21H34N2O2Si. The van der Waals surface area contributed by atoms with E-state index in [-0.39, 0.29) is 5.41 Å². The molecule has 0 spiro atoms. The molecule has 2 aromatic rings. The van der Waals surface area contributed by atoms with E-state index in [9.17, 15) is 4.79 Å². The van der Waals surface area contributed by atoms with Crippen molar-refractivity contribution in [3.63, 3.8) is 0 Å². The molecule has 0 aliphatic carbocycles. The molecule has 144 valence electrons. The molecule has 0 N–H and O–H groups in total. The van der Waals surface area contributed by atoms with Gasteiger partial charge in [0, 0.05) is 27.5 Å². The summed E-state index contributed by atoms with van der Waals surface area (Å²) in [6, 6.07) is 7.71. The van der Waals surface area contributed by atoms with Crippen LogP contribution in [0.25, 0.3) is 11.0 Å². The Morgan fingerprint density at radius 3 is 2.58 bits per heavy atom. The number of unbranched alkanes of at least 4 members (excludes halogenated alkanes) is 1. The van der Waals surface area contributed by atoms with Gasteiger partial charge in [-0.3, -0.25) is 0 Å². The normalized spacial score (nSPS) is 12.7. The van der Waals surface area contributed by atoms with Crippen molar-refractivity contribution < 1.29 is 9.53 Å². The van der Waals surface area contributed by atoms with Crippen LogP contribution in [-0.4, -0.2) is 30.5 Å². The predicted molar refractivity (Wildman–Crippen MR) is 112 cm³/mol. The number of carbonyl (C=O) groups is 1. The summed E-state index contributed by atoms with van der Waals surface area (Å²) in [6.07, 6.45) is 3.19. The summed E-state index contributed by atoms with van der Waals surface area (Å²) in [5, 5.41) is 0. The molecule has 0 atom stereocenters. The number of aryl methyl sites for hydroxylation is 1. The van der Waals surface area contributed by atoms with Crippen LogP contribution in [0, 0.1) is 0 Å². The number of imidazole rings is 1. The van der Waals surface area contributed by atoms with Crippen LogP contribution in [0.15, 0.2) is 18.2 Å². The van der Waals surface area contributed by atoms with E-state index in [4.69, 9.17) is 9.72 Å². The molecule has 0 fully saturated rings. The van der Waals surface area contributed by atoms with Crippen molar-refractivity contribution in [2.24, 2.45) is 0 Å². The van der Waals surface area contributed by atoms with E-state index in [1.165, 1.54) is 5.56 Å². The van der Waals surface area contributed by atoms with Crippen LogP contribution in [0.4, 0.5) is 0 Å². The number of aldehydes is 1. The highest BCUT2D eigenvalue weighted by Crippen LogP contribution is 2.27. The third-order valence-corrected chi connectivity index (χ3v) is 6.34. The number of hydrogen-bond donors (Lipinski definition) is 0. The Balaban J connectivity index is 2.25. The number of benzene rings is 1. The van der Waals surface area contributed by atoms with Crippen molar-refractivity contribution in [3.05, 3.63) is 29.6 Å². The topological polar surface area (TPSA) is 44.1 Å². The van der Waals surface area contributed by atoms with Crippen molar-refractivity contribution in [2.45, 2.75) is 77.9 Å². The average molecular weight is 375 g/mol. The lowest BCUT2D eigenvalue weighted by atomic mass is 9.87. The SMILES string of the molecule is CC(C)(C)c1ccc2c(c1)nc(CCCC=O)n2COCC[Si](C)(C)C. The van der Waals surface area contributed by atoms with Crippen molar-refractivity contribution in [1.82, 2.24) is 9.55 Å². The van der Waals surface area contributed by atoms with Crippen LogP contribution in [-0.2, 0) is 28.1 Å². The fourth-order valence-electron chi connectivity index (χ4n) is 2.86. The molecule has 26 heavy (non-hydrogen) atoms. The molecule has 0 saturated carbocycles. The highest BCUT2D eigenvalue weighted by Gasteiger charge is 2.18. The maximum Gasteiger partial charge on any atom is 0.124 e. The van der Waals surface area contributed by atoms with E-state index in [0.717, 1.165) is 48.6 Å². The summed E-state index contributed by atoms with van der Waals surface area (Å²) in [5.41, 5.74) is 3.52. The van der Waals surface area contributed by atoms with Crippen LogP contribution in [0.5, 0.6) is 0 Å². The van der Waals surface area contributed by atoms with Gasteiger partial charge in [-0.2, -0.15) is 0 Å². The Kier molecular flexibility index (Phi) is 6.80. The summed E-state index contributed by atoms with van der Waals surface area (Å²) in [7, 11) is -1.09. The number of carbonyl (C=O) groups excluding carboxylic acids is 1. The molecule has 2 rings (SSSR count). The summed E-state index contributed by atoms with van der Waals surface area (Å²) >= 11 is 0. The number of nitrogens with zero attached hydrogens (tertiary/aromatic N) is 2. The highest BCUT2D eigenvalue weighted by molar-refractivity contribution is 6.76. The zero-order valence-electron chi connectivity index (χ0n) is 17.3. The first kappa shape index (κ1) is 20.8. The van der Waals surface area contributed by atoms with Crippen molar-refractivity contribution in [1.29, 1.82) is 0 Å². The number of fused-ring (bicyclic) bond motifs is 1. The maximum absolute atomic E-state index is 10.7. The minimum Gasteiger partial charge on any atom is -0.361 e. The predicted octanol–water partition coefficient (Wildman–Crippen LogP) is 5.17. The molecular weight excluding hydrogens is 340 g/mol. The molecule has 0 aliphatic rings. The van der Waals surface area contributed by atoms with E-state index < -0.39 is 8.07 Å². The standard InChI is InChI=1S/C21H34N2O2Si/c1-21(2,3)17-10-11-19-18(15-17)22-20(9-7-8-12-24)23(19)16-25-13-14-26(4,5)6/h10-12,15H,7-9,13-14,16H2,1-6H3. The van der Waals surface area contributed by atoms with Crippen LogP contribution < -0.4 is 0 Å². The van der Waals surface area contributed by atoms with Gasteiger partial charge in [-0.25, -0.2) is 4.98 Å². The lowest BCUT2D eigenvalue weighted by Gasteiger charge is -2.19. The first-order chi connectivity index (χ1) is 12.1. The molecule has 0 radical (unpaired) electrons. The molecule has 4 nitrogen and oxygen atoms in total. The molecule has 0 amide bonds. The van der Waals surface area contributed by atoms with Crippen LogP contribution >= 0.6 is 0 Å². The Labute approximate surface area is 159 Å². The Morgan fingerprint density at radius 1 is 1.23 bits per heavy atom. The first-order valence-corrected chi connectivity index (χ1v) is 13.3. The molecule has 1 aromatic carbocycles. The fraction of sp³-hybridized carbons (Fsp3) is 0.619. The van der Waals surface area contributed by atoms with Crippen LogP contribution in [0.3, 0.4) is 0 Å². The van der Waals surface area contributed by atoms with Gasteiger partial charge in [0.15, 0.2) is 0 Å². The lowest BCUT2D eigenvalue weighted by Crippen LogP contribution is -2.22. The van der Waals surface area contributed by atoms with Gasteiger partial charge >= 0.3 is 0 Å². The molecule has 0 aliphatic heterocycles. The fourth-order valence-corrected chi connectivity index (χ4v) is 3.62. The van der Waals surface area contributed by atoms with Gasteiger partial charge in [0.2, 0.25) is 0 Å². The van der Waals surface area contributed by atoms with E-state index in [1.807, 2.05) is 0 Å². The van der Waals surface area contributed by atoms with Gasteiger partial charge in [-0.1, -0.05) is 46.5 Å². The number of ether oxygens (including phenoxy) is 1. The summed E-state index contributed by atoms with van der Waals surface area (Å²) < 4.78 is 8.17. The maximum atomic E-state index is 10.7. The number of rotatable bonds is 9. The Bertz CT molecular complexity index is 739. The summed E-state index contributed by atoms with van der Waals surface area (Å²) in [5.74, 6) is 1.01. The molecule has 1 heterocycles. The third kappa shape index (κ3) is 5.78. The van der Waals surface area contributed by atoms with E-state index in [0.29, 0.717) is 13.2 Å².